The van der Waals surface area contributed by atoms with Gasteiger partial charge < -0.3 is 14.8 Å². The number of hydrogen-bond donors (Lipinski definition) is 1. The highest BCUT2D eigenvalue weighted by Gasteiger charge is 2.35. The van der Waals surface area contributed by atoms with Gasteiger partial charge in [-0.25, -0.2) is 9.18 Å². The Labute approximate surface area is 143 Å². The molecule has 1 heterocycles. The van der Waals surface area contributed by atoms with Gasteiger partial charge in [-0.15, -0.1) is 0 Å². The van der Waals surface area contributed by atoms with Crippen LogP contribution in [0.2, 0.25) is 0 Å². The molecule has 1 N–H and O–H groups in total. The van der Waals surface area contributed by atoms with E-state index in [1.807, 2.05) is 26.8 Å². The van der Waals surface area contributed by atoms with E-state index in [4.69, 9.17) is 9.47 Å². The SMILES string of the molecule is COCCN1CC(c2cccc(F)c2)[C@H](NC(=O)OC(C)(C)C)C1. The number of ether oxygens (including phenoxy) is 2. The summed E-state index contributed by atoms with van der Waals surface area (Å²) in [6, 6.07) is 6.44. The first-order chi connectivity index (χ1) is 11.3. The van der Waals surface area contributed by atoms with Gasteiger partial charge in [-0.2, -0.15) is 0 Å². The van der Waals surface area contributed by atoms with Crippen molar-refractivity contribution >= 4 is 6.09 Å². The minimum absolute atomic E-state index is 0.0186. The molecule has 0 radical (unpaired) electrons. The van der Waals surface area contributed by atoms with Crippen LogP contribution in [0.25, 0.3) is 0 Å². The topological polar surface area (TPSA) is 50.8 Å². The van der Waals surface area contributed by atoms with Gasteiger partial charge in [-0.3, -0.25) is 4.90 Å². The zero-order valence-electron chi connectivity index (χ0n) is 14.8. The molecule has 1 unspecified atom stereocenters. The van der Waals surface area contributed by atoms with Gasteiger partial charge in [0.15, 0.2) is 0 Å². The van der Waals surface area contributed by atoms with E-state index in [9.17, 15) is 9.18 Å². The number of benzene rings is 1. The van der Waals surface area contributed by atoms with E-state index in [1.165, 1.54) is 12.1 Å². The Bertz CT molecular complexity index is 559. The molecule has 24 heavy (non-hydrogen) atoms. The van der Waals surface area contributed by atoms with Crippen molar-refractivity contribution in [2.75, 3.05) is 33.4 Å². The highest BCUT2D eigenvalue weighted by atomic mass is 19.1. The molecule has 2 rings (SSSR count). The van der Waals surface area contributed by atoms with Gasteiger partial charge in [0, 0.05) is 32.7 Å². The van der Waals surface area contributed by atoms with E-state index in [-0.39, 0.29) is 17.8 Å². The molecular weight excluding hydrogens is 311 g/mol. The maximum Gasteiger partial charge on any atom is 0.407 e. The largest absolute Gasteiger partial charge is 0.444 e. The van der Waals surface area contributed by atoms with Gasteiger partial charge >= 0.3 is 6.09 Å². The Kier molecular flexibility index (Phi) is 6.18. The lowest BCUT2D eigenvalue weighted by atomic mass is 9.94. The number of nitrogens with zero attached hydrogens (tertiary/aromatic N) is 1. The quantitative estimate of drug-likeness (QED) is 0.897. The summed E-state index contributed by atoms with van der Waals surface area (Å²) in [7, 11) is 1.66. The third kappa shape index (κ3) is 5.46. The molecule has 5 nitrogen and oxygen atoms in total. The van der Waals surface area contributed by atoms with Gasteiger partial charge in [0.1, 0.15) is 11.4 Å². The number of methoxy groups -OCH3 is 1. The molecule has 0 spiro atoms. The molecule has 1 aromatic carbocycles. The predicted octanol–water partition coefficient (Wildman–Crippen LogP) is 2.76. The molecule has 6 heteroatoms. The van der Waals surface area contributed by atoms with Crippen LogP contribution in [0.4, 0.5) is 9.18 Å². The molecular formula is C18H27FN2O3. The average Bonchev–Trinajstić information content (AvgIpc) is 2.85. The van der Waals surface area contributed by atoms with Crippen molar-refractivity contribution in [1.82, 2.24) is 10.2 Å². The fraction of sp³-hybridized carbons (Fsp3) is 0.611. The summed E-state index contributed by atoms with van der Waals surface area (Å²) in [4.78, 5) is 14.3. The number of halogens is 1. The minimum atomic E-state index is -0.549. The van der Waals surface area contributed by atoms with Gasteiger partial charge in [-0.05, 0) is 38.5 Å². The van der Waals surface area contributed by atoms with E-state index in [1.54, 1.807) is 13.2 Å². The van der Waals surface area contributed by atoms with Gasteiger partial charge in [0.2, 0.25) is 0 Å². The summed E-state index contributed by atoms with van der Waals surface area (Å²) in [6.07, 6.45) is -0.442. The van der Waals surface area contributed by atoms with Crippen LogP contribution in [0.15, 0.2) is 24.3 Å². The maximum absolute atomic E-state index is 13.6. The summed E-state index contributed by atoms with van der Waals surface area (Å²) in [6.45, 7) is 8.31. The zero-order chi connectivity index (χ0) is 17.7. The standard InChI is InChI=1S/C18H27FN2O3/c1-18(2,3)24-17(22)20-16-12-21(8-9-23-4)11-15(16)13-6-5-7-14(19)10-13/h5-7,10,15-16H,8-9,11-12H2,1-4H3,(H,20,22)/t15?,16-/m1/s1. The maximum atomic E-state index is 13.6. The molecule has 2 atom stereocenters. The second-order valence-electron chi connectivity index (χ2n) is 7.17. The Balaban J connectivity index is 2.10. The number of likely N-dealkylation sites (tertiary alicyclic amines) is 1. The highest BCUT2D eigenvalue weighted by Crippen LogP contribution is 2.28. The van der Waals surface area contributed by atoms with Gasteiger partial charge in [-0.1, -0.05) is 12.1 Å². The first-order valence-electron chi connectivity index (χ1n) is 8.25. The normalized spacial score (nSPS) is 21.7. The third-order valence-corrected chi connectivity index (χ3v) is 3.99. The molecule has 1 amide bonds. The lowest BCUT2D eigenvalue weighted by Gasteiger charge is -2.24. The fourth-order valence-corrected chi connectivity index (χ4v) is 2.97. The second kappa shape index (κ2) is 7.94. The summed E-state index contributed by atoms with van der Waals surface area (Å²) < 4.78 is 24.1. The number of amides is 1. The predicted molar refractivity (Wildman–Crippen MR) is 90.6 cm³/mol. The van der Waals surface area contributed by atoms with E-state index in [0.717, 1.165) is 18.7 Å². The Hall–Kier alpha value is -1.66. The summed E-state index contributed by atoms with van der Waals surface area (Å²) in [5.74, 6) is -0.246. The number of alkyl carbamates (subject to hydrolysis) is 1. The van der Waals surface area contributed by atoms with Crippen molar-refractivity contribution in [3.63, 3.8) is 0 Å². The Morgan fingerprint density at radius 3 is 2.75 bits per heavy atom. The van der Waals surface area contributed by atoms with Gasteiger partial charge in [0.05, 0.1) is 12.6 Å². The summed E-state index contributed by atoms with van der Waals surface area (Å²) in [5.41, 5.74) is 0.336. The van der Waals surface area contributed by atoms with Crippen LogP contribution in [0, 0.1) is 5.82 Å². The molecule has 1 aromatic rings. The third-order valence-electron chi connectivity index (χ3n) is 3.99. The lowest BCUT2D eigenvalue weighted by Crippen LogP contribution is -2.42. The van der Waals surface area contributed by atoms with E-state index >= 15 is 0 Å². The second-order valence-corrected chi connectivity index (χ2v) is 7.17. The minimum Gasteiger partial charge on any atom is -0.444 e. The number of rotatable bonds is 5. The van der Waals surface area contributed by atoms with Crippen molar-refractivity contribution < 1.29 is 18.7 Å². The van der Waals surface area contributed by atoms with Crippen LogP contribution in [0.3, 0.4) is 0 Å². The molecule has 1 aliphatic rings. The molecule has 1 fully saturated rings. The first kappa shape index (κ1) is 18.7. The van der Waals surface area contributed by atoms with Crippen LogP contribution in [0.5, 0.6) is 0 Å². The van der Waals surface area contributed by atoms with E-state index in [0.29, 0.717) is 13.2 Å². The number of carbonyl (C=O) groups is 1. The average molecular weight is 338 g/mol. The van der Waals surface area contributed by atoms with Gasteiger partial charge in [0.25, 0.3) is 0 Å². The number of nitrogens with one attached hydrogen (secondary N) is 1. The van der Waals surface area contributed by atoms with E-state index < -0.39 is 11.7 Å². The summed E-state index contributed by atoms with van der Waals surface area (Å²) >= 11 is 0. The van der Waals surface area contributed by atoms with Crippen LogP contribution >= 0.6 is 0 Å². The number of hydrogen-bond acceptors (Lipinski definition) is 4. The van der Waals surface area contributed by atoms with Crippen molar-refractivity contribution in [2.45, 2.75) is 38.3 Å². The molecule has 134 valence electrons. The van der Waals surface area contributed by atoms with Crippen LogP contribution in [0.1, 0.15) is 32.3 Å². The molecule has 1 aliphatic heterocycles. The molecule has 1 saturated heterocycles. The lowest BCUT2D eigenvalue weighted by molar-refractivity contribution is 0.0501. The Morgan fingerprint density at radius 2 is 2.12 bits per heavy atom. The van der Waals surface area contributed by atoms with Crippen molar-refractivity contribution in [1.29, 1.82) is 0 Å². The molecule has 0 saturated carbocycles. The van der Waals surface area contributed by atoms with Crippen LogP contribution in [-0.2, 0) is 9.47 Å². The number of carbonyl (C=O) groups excluding carboxylic acids is 1. The highest BCUT2D eigenvalue weighted by molar-refractivity contribution is 5.68. The molecule has 0 aliphatic carbocycles. The first-order valence-corrected chi connectivity index (χ1v) is 8.25. The van der Waals surface area contributed by atoms with Crippen molar-refractivity contribution in [3.05, 3.63) is 35.6 Å². The van der Waals surface area contributed by atoms with Crippen LogP contribution in [-0.4, -0.2) is 56.0 Å². The van der Waals surface area contributed by atoms with Crippen molar-refractivity contribution in [2.24, 2.45) is 0 Å². The zero-order valence-corrected chi connectivity index (χ0v) is 14.8. The fourth-order valence-electron chi connectivity index (χ4n) is 2.97. The smallest absolute Gasteiger partial charge is 0.407 e. The summed E-state index contributed by atoms with van der Waals surface area (Å²) in [5, 5.41) is 2.94. The molecule has 0 aromatic heterocycles. The van der Waals surface area contributed by atoms with Crippen molar-refractivity contribution in [3.8, 4) is 0 Å². The Morgan fingerprint density at radius 1 is 1.38 bits per heavy atom. The van der Waals surface area contributed by atoms with Crippen LogP contribution < -0.4 is 5.32 Å². The molecule has 0 bridgehead atoms. The monoisotopic (exact) mass is 338 g/mol. The van der Waals surface area contributed by atoms with E-state index in [2.05, 4.69) is 10.2 Å².